The van der Waals surface area contributed by atoms with Gasteiger partial charge in [-0.05, 0) is 48.9 Å². The van der Waals surface area contributed by atoms with E-state index in [4.69, 9.17) is 0 Å². The van der Waals surface area contributed by atoms with Crippen LogP contribution < -0.4 is 0 Å². The van der Waals surface area contributed by atoms with Gasteiger partial charge in [0.15, 0.2) is 4.34 Å². The lowest BCUT2D eigenvalue weighted by Crippen LogP contribution is -2.20. The molecule has 1 atom stereocenters. The monoisotopic (exact) mass is 392 g/mol. The Labute approximate surface area is 166 Å². The van der Waals surface area contributed by atoms with Crippen LogP contribution in [0.4, 0.5) is 0 Å². The molecule has 0 bridgehead atoms. The summed E-state index contributed by atoms with van der Waals surface area (Å²) in [6.07, 6.45) is 3.21. The summed E-state index contributed by atoms with van der Waals surface area (Å²) >= 11 is 3.21. The molecule has 2 heterocycles. The molecule has 0 amide bonds. The summed E-state index contributed by atoms with van der Waals surface area (Å²) in [6, 6.07) is 16.5. The predicted octanol–water partition coefficient (Wildman–Crippen LogP) is 5.81. The van der Waals surface area contributed by atoms with E-state index in [1.807, 2.05) is 28.8 Å². The van der Waals surface area contributed by atoms with Gasteiger partial charge in [0.05, 0.1) is 21.5 Å². The summed E-state index contributed by atoms with van der Waals surface area (Å²) in [5.74, 6) is 1.26. The van der Waals surface area contributed by atoms with Crippen LogP contribution in [0.2, 0.25) is 0 Å². The topological polar surface area (TPSA) is 34.9 Å². The first kappa shape index (κ1) is 17.0. The SMILES string of the molecule is C[C@@H]1CCc2c(c3ccccc3n2C(=O)CSc2nc3ccccc3s2)C1. The smallest absolute Gasteiger partial charge is 0.241 e. The molecule has 0 fully saturated rings. The molecule has 0 saturated carbocycles. The second kappa shape index (κ2) is 6.80. The number of hydrogen-bond donors (Lipinski definition) is 0. The number of hydrogen-bond acceptors (Lipinski definition) is 4. The van der Waals surface area contributed by atoms with Gasteiger partial charge in [0.25, 0.3) is 0 Å². The third kappa shape index (κ3) is 2.99. The molecular weight excluding hydrogens is 372 g/mol. The summed E-state index contributed by atoms with van der Waals surface area (Å²) in [7, 11) is 0. The van der Waals surface area contributed by atoms with Crippen LogP contribution in [0.25, 0.3) is 21.1 Å². The van der Waals surface area contributed by atoms with Crippen LogP contribution in [0, 0.1) is 5.92 Å². The van der Waals surface area contributed by atoms with E-state index in [2.05, 4.69) is 36.2 Å². The summed E-state index contributed by atoms with van der Waals surface area (Å²) in [5.41, 5.74) is 4.67. The number of thiazole rings is 1. The van der Waals surface area contributed by atoms with Crippen LogP contribution in [0.5, 0.6) is 0 Å². The van der Waals surface area contributed by atoms with Crippen LogP contribution in [-0.4, -0.2) is 21.2 Å². The lowest BCUT2D eigenvalue weighted by molar-refractivity contribution is 0.0943. The molecule has 1 aliphatic carbocycles. The fraction of sp³-hybridized carbons (Fsp3) is 0.273. The van der Waals surface area contributed by atoms with Crippen molar-refractivity contribution in [2.24, 2.45) is 5.92 Å². The normalized spacial score (nSPS) is 16.7. The highest BCUT2D eigenvalue weighted by molar-refractivity contribution is 8.01. The van der Waals surface area contributed by atoms with Gasteiger partial charge in [0.2, 0.25) is 5.91 Å². The van der Waals surface area contributed by atoms with Crippen molar-refractivity contribution < 1.29 is 4.79 Å². The molecule has 3 nitrogen and oxygen atoms in total. The molecule has 0 spiro atoms. The Morgan fingerprint density at radius 3 is 2.93 bits per heavy atom. The van der Waals surface area contributed by atoms with Crippen LogP contribution in [0.15, 0.2) is 52.9 Å². The third-order valence-corrected chi connectivity index (χ3v) is 7.52. The molecule has 136 valence electrons. The lowest BCUT2D eigenvalue weighted by atomic mass is 9.88. The van der Waals surface area contributed by atoms with E-state index in [1.165, 1.54) is 21.3 Å². The Hall–Kier alpha value is -2.11. The highest BCUT2D eigenvalue weighted by Gasteiger charge is 2.25. The van der Waals surface area contributed by atoms with Crippen LogP contribution in [0.3, 0.4) is 0 Å². The van der Waals surface area contributed by atoms with Crippen molar-refractivity contribution in [3.8, 4) is 0 Å². The molecule has 5 rings (SSSR count). The molecule has 0 saturated heterocycles. The van der Waals surface area contributed by atoms with E-state index in [0.717, 1.165) is 34.6 Å². The van der Waals surface area contributed by atoms with Gasteiger partial charge in [0.1, 0.15) is 0 Å². The zero-order valence-electron chi connectivity index (χ0n) is 15.1. The highest BCUT2D eigenvalue weighted by atomic mass is 32.2. The van der Waals surface area contributed by atoms with E-state index in [9.17, 15) is 4.79 Å². The first-order chi connectivity index (χ1) is 13.2. The minimum atomic E-state index is 0.159. The van der Waals surface area contributed by atoms with Gasteiger partial charge in [-0.15, -0.1) is 11.3 Å². The van der Waals surface area contributed by atoms with Crippen LogP contribution in [-0.2, 0) is 12.8 Å². The van der Waals surface area contributed by atoms with Crippen LogP contribution >= 0.6 is 23.1 Å². The summed E-state index contributed by atoms with van der Waals surface area (Å²) in [6.45, 7) is 2.31. The molecule has 5 heteroatoms. The molecule has 1 aliphatic rings. The quantitative estimate of drug-likeness (QED) is 0.413. The maximum absolute atomic E-state index is 13.2. The van der Waals surface area contributed by atoms with Crippen molar-refractivity contribution in [3.05, 3.63) is 59.8 Å². The third-order valence-electron chi connectivity index (χ3n) is 5.36. The van der Waals surface area contributed by atoms with Crippen molar-refractivity contribution in [2.45, 2.75) is 30.5 Å². The summed E-state index contributed by atoms with van der Waals surface area (Å²) < 4.78 is 4.12. The first-order valence-electron chi connectivity index (χ1n) is 9.33. The number of carbonyl (C=O) groups excluding carboxylic acids is 1. The average Bonchev–Trinajstić information content (AvgIpc) is 3.24. The molecule has 2 aromatic carbocycles. The first-order valence-corrected chi connectivity index (χ1v) is 11.1. The Morgan fingerprint density at radius 1 is 1.22 bits per heavy atom. The Balaban J connectivity index is 1.47. The maximum Gasteiger partial charge on any atom is 0.241 e. The molecule has 4 aromatic rings. The van der Waals surface area contributed by atoms with Crippen molar-refractivity contribution in [3.63, 3.8) is 0 Å². The number of nitrogens with zero attached hydrogens (tertiary/aromatic N) is 2. The lowest BCUT2D eigenvalue weighted by Gasteiger charge is -2.20. The Morgan fingerprint density at radius 2 is 2.04 bits per heavy atom. The number of carbonyl (C=O) groups is 1. The van der Waals surface area contributed by atoms with Crippen molar-refractivity contribution in [1.29, 1.82) is 0 Å². The summed E-state index contributed by atoms with van der Waals surface area (Å²) in [4.78, 5) is 17.8. The van der Waals surface area contributed by atoms with Gasteiger partial charge in [0, 0.05) is 11.1 Å². The largest absolute Gasteiger partial charge is 0.283 e. The number of aromatic nitrogens is 2. The Kier molecular flexibility index (Phi) is 4.29. The molecular formula is C22H20N2OS2. The molecule has 2 aromatic heterocycles. The van der Waals surface area contributed by atoms with E-state index >= 15 is 0 Å². The number of benzene rings is 2. The maximum atomic E-state index is 13.2. The second-order valence-corrected chi connectivity index (χ2v) is 9.51. The average molecular weight is 393 g/mol. The highest BCUT2D eigenvalue weighted by Crippen LogP contribution is 2.35. The standard InChI is InChI=1S/C22H20N2OS2/c1-14-10-11-19-16(12-14)15-6-2-4-8-18(15)24(19)21(25)13-26-22-23-17-7-3-5-9-20(17)27-22/h2-9,14H,10-13H2,1H3/t14-/m1/s1. The molecule has 0 radical (unpaired) electrons. The molecule has 0 aliphatic heterocycles. The second-order valence-electron chi connectivity index (χ2n) is 7.26. The van der Waals surface area contributed by atoms with Crippen molar-refractivity contribution in [2.75, 3.05) is 5.75 Å². The van der Waals surface area contributed by atoms with Gasteiger partial charge in [-0.2, -0.15) is 0 Å². The van der Waals surface area contributed by atoms with Crippen LogP contribution in [0.1, 0.15) is 29.4 Å². The molecule has 27 heavy (non-hydrogen) atoms. The molecule has 0 unspecified atom stereocenters. The fourth-order valence-electron chi connectivity index (χ4n) is 4.07. The molecule has 0 N–H and O–H groups in total. The fourth-order valence-corrected chi connectivity index (χ4v) is 5.99. The van der Waals surface area contributed by atoms with Gasteiger partial charge >= 0.3 is 0 Å². The zero-order chi connectivity index (χ0) is 18.4. The number of para-hydroxylation sites is 2. The number of thioether (sulfide) groups is 1. The van der Waals surface area contributed by atoms with Crippen molar-refractivity contribution >= 4 is 50.1 Å². The number of fused-ring (bicyclic) bond motifs is 4. The van der Waals surface area contributed by atoms with E-state index in [1.54, 1.807) is 23.1 Å². The van der Waals surface area contributed by atoms with E-state index in [-0.39, 0.29) is 5.91 Å². The Bertz CT molecular complexity index is 1120. The van der Waals surface area contributed by atoms with E-state index < -0.39 is 0 Å². The minimum absolute atomic E-state index is 0.159. The van der Waals surface area contributed by atoms with Crippen molar-refractivity contribution in [1.82, 2.24) is 9.55 Å². The predicted molar refractivity (Wildman–Crippen MR) is 114 cm³/mol. The van der Waals surface area contributed by atoms with Gasteiger partial charge < -0.3 is 0 Å². The zero-order valence-corrected chi connectivity index (χ0v) is 16.8. The summed E-state index contributed by atoms with van der Waals surface area (Å²) in [5, 5.41) is 1.25. The van der Waals surface area contributed by atoms with Gasteiger partial charge in [-0.1, -0.05) is 49.0 Å². The van der Waals surface area contributed by atoms with Gasteiger partial charge in [-0.3, -0.25) is 9.36 Å². The number of rotatable bonds is 3. The van der Waals surface area contributed by atoms with Gasteiger partial charge in [-0.25, -0.2) is 4.98 Å². The minimum Gasteiger partial charge on any atom is -0.283 e. The van der Waals surface area contributed by atoms with E-state index in [0.29, 0.717) is 11.7 Å².